The van der Waals surface area contributed by atoms with Crippen LogP contribution in [0.4, 0.5) is 0 Å². The summed E-state index contributed by atoms with van der Waals surface area (Å²) >= 11 is 0. The molecule has 1 aliphatic heterocycles. The number of piperidine rings is 1. The lowest BCUT2D eigenvalue weighted by Crippen LogP contribution is -2.41. The van der Waals surface area contributed by atoms with Crippen molar-refractivity contribution in [3.63, 3.8) is 0 Å². The van der Waals surface area contributed by atoms with Crippen molar-refractivity contribution in [3.05, 3.63) is 18.1 Å². The highest BCUT2D eigenvalue weighted by molar-refractivity contribution is 5.08. The van der Waals surface area contributed by atoms with Crippen LogP contribution in [0.1, 0.15) is 19.2 Å². The Morgan fingerprint density at radius 1 is 1.53 bits per heavy atom. The fraction of sp³-hybridized carbons (Fsp3) is 0.636. The average molecular weight is 207 g/mol. The Kier molecular flexibility index (Phi) is 3.16. The third-order valence-electron chi connectivity index (χ3n) is 2.73. The molecule has 0 aromatic carbocycles. The van der Waals surface area contributed by atoms with Crippen LogP contribution in [-0.2, 0) is 0 Å². The molecule has 2 atom stereocenters. The van der Waals surface area contributed by atoms with E-state index in [0.717, 1.165) is 25.3 Å². The summed E-state index contributed by atoms with van der Waals surface area (Å²) in [5, 5.41) is 3.35. The quantitative estimate of drug-likeness (QED) is 0.790. The Balaban J connectivity index is 2.01. The number of hydrogen-bond acceptors (Lipinski definition) is 4. The van der Waals surface area contributed by atoms with E-state index in [-0.39, 0.29) is 6.10 Å². The third-order valence-corrected chi connectivity index (χ3v) is 2.73. The molecule has 15 heavy (non-hydrogen) atoms. The van der Waals surface area contributed by atoms with E-state index in [9.17, 15) is 0 Å². The summed E-state index contributed by atoms with van der Waals surface area (Å²) in [4.78, 5) is 8.30. The molecule has 1 aliphatic rings. The standard InChI is InChI=1S/C11H17N3O/c1-8-7-12-5-3-10(8)15-11-4-6-13-9(2)14-11/h4,6,8,10,12H,3,5,7H2,1-2H3/t8-,10+/m1/s1. The van der Waals surface area contributed by atoms with Gasteiger partial charge in [0.25, 0.3) is 0 Å². The van der Waals surface area contributed by atoms with Crippen LogP contribution in [0, 0.1) is 12.8 Å². The highest BCUT2D eigenvalue weighted by Gasteiger charge is 2.22. The van der Waals surface area contributed by atoms with Crippen molar-refractivity contribution in [1.82, 2.24) is 15.3 Å². The molecule has 0 amide bonds. The van der Waals surface area contributed by atoms with Crippen molar-refractivity contribution >= 4 is 0 Å². The van der Waals surface area contributed by atoms with Gasteiger partial charge in [-0.15, -0.1) is 0 Å². The van der Waals surface area contributed by atoms with Gasteiger partial charge < -0.3 is 10.1 Å². The molecule has 82 valence electrons. The SMILES string of the molecule is Cc1nccc(O[C@H]2CCNC[C@H]2C)n1. The zero-order valence-electron chi connectivity index (χ0n) is 9.23. The van der Waals surface area contributed by atoms with Gasteiger partial charge in [-0.1, -0.05) is 6.92 Å². The number of aryl methyl sites for hydroxylation is 1. The van der Waals surface area contributed by atoms with Gasteiger partial charge in [0, 0.05) is 24.7 Å². The summed E-state index contributed by atoms with van der Waals surface area (Å²) in [5.74, 6) is 1.99. The minimum Gasteiger partial charge on any atom is -0.474 e. The molecule has 1 saturated heterocycles. The fourth-order valence-corrected chi connectivity index (χ4v) is 1.82. The average Bonchev–Trinajstić information content (AvgIpc) is 2.22. The highest BCUT2D eigenvalue weighted by atomic mass is 16.5. The fourth-order valence-electron chi connectivity index (χ4n) is 1.82. The molecule has 0 unspecified atom stereocenters. The van der Waals surface area contributed by atoms with Gasteiger partial charge in [0.2, 0.25) is 5.88 Å². The van der Waals surface area contributed by atoms with Gasteiger partial charge in [-0.05, 0) is 19.9 Å². The molecule has 1 aromatic rings. The summed E-state index contributed by atoms with van der Waals surface area (Å²) < 4.78 is 5.86. The van der Waals surface area contributed by atoms with Gasteiger partial charge >= 0.3 is 0 Å². The first-order chi connectivity index (χ1) is 7.25. The monoisotopic (exact) mass is 207 g/mol. The Hall–Kier alpha value is -1.16. The summed E-state index contributed by atoms with van der Waals surface area (Å²) in [7, 11) is 0. The molecular formula is C11H17N3O. The topological polar surface area (TPSA) is 47.0 Å². The smallest absolute Gasteiger partial charge is 0.216 e. The first kappa shape index (κ1) is 10.4. The van der Waals surface area contributed by atoms with E-state index < -0.39 is 0 Å². The number of nitrogens with zero attached hydrogens (tertiary/aromatic N) is 2. The first-order valence-corrected chi connectivity index (χ1v) is 5.43. The minimum absolute atomic E-state index is 0.278. The van der Waals surface area contributed by atoms with Crippen LogP contribution >= 0.6 is 0 Å². The Labute approximate surface area is 90.1 Å². The Morgan fingerprint density at radius 2 is 2.40 bits per heavy atom. The van der Waals surface area contributed by atoms with Crippen molar-refractivity contribution in [1.29, 1.82) is 0 Å². The van der Waals surface area contributed by atoms with E-state index in [1.807, 2.05) is 13.0 Å². The number of nitrogens with one attached hydrogen (secondary N) is 1. The molecule has 1 aromatic heterocycles. The van der Waals surface area contributed by atoms with Gasteiger partial charge in [-0.3, -0.25) is 0 Å². The molecule has 4 heteroatoms. The summed E-state index contributed by atoms with van der Waals surface area (Å²) in [6.07, 6.45) is 3.06. The van der Waals surface area contributed by atoms with Crippen molar-refractivity contribution in [2.75, 3.05) is 13.1 Å². The van der Waals surface area contributed by atoms with E-state index in [0.29, 0.717) is 11.8 Å². The minimum atomic E-state index is 0.278. The van der Waals surface area contributed by atoms with Gasteiger partial charge in [0.05, 0.1) is 0 Å². The van der Waals surface area contributed by atoms with Crippen LogP contribution < -0.4 is 10.1 Å². The zero-order chi connectivity index (χ0) is 10.7. The normalized spacial score (nSPS) is 26.3. The second-order valence-electron chi connectivity index (χ2n) is 4.07. The first-order valence-electron chi connectivity index (χ1n) is 5.43. The van der Waals surface area contributed by atoms with Crippen LogP contribution in [0.25, 0.3) is 0 Å². The Bertz CT molecular complexity index is 329. The van der Waals surface area contributed by atoms with Gasteiger partial charge in [-0.2, -0.15) is 4.98 Å². The zero-order valence-corrected chi connectivity index (χ0v) is 9.23. The molecule has 1 fully saturated rings. The molecular weight excluding hydrogens is 190 g/mol. The number of ether oxygens (including phenoxy) is 1. The van der Waals surface area contributed by atoms with Crippen LogP contribution in [0.15, 0.2) is 12.3 Å². The molecule has 0 saturated carbocycles. The van der Waals surface area contributed by atoms with Gasteiger partial charge in [0.1, 0.15) is 11.9 Å². The van der Waals surface area contributed by atoms with Crippen LogP contribution in [-0.4, -0.2) is 29.2 Å². The summed E-state index contributed by atoms with van der Waals surface area (Å²) in [6.45, 7) is 6.12. The largest absolute Gasteiger partial charge is 0.474 e. The lowest BCUT2D eigenvalue weighted by molar-refractivity contribution is 0.106. The molecule has 2 rings (SSSR count). The second kappa shape index (κ2) is 4.57. The van der Waals surface area contributed by atoms with Crippen molar-refractivity contribution in [2.24, 2.45) is 5.92 Å². The molecule has 1 N–H and O–H groups in total. The van der Waals surface area contributed by atoms with Gasteiger partial charge in [-0.25, -0.2) is 4.98 Å². The molecule has 0 bridgehead atoms. The maximum Gasteiger partial charge on any atom is 0.216 e. The molecule has 4 nitrogen and oxygen atoms in total. The second-order valence-corrected chi connectivity index (χ2v) is 4.07. The predicted molar refractivity (Wildman–Crippen MR) is 57.8 cm³/mol. The molecule has 0 aliphatic carbocycles. The number of hydrogen-bond donors (Lipinski definition) is 1. The van der Waals surface area contributed by atoms with Crippen molar-refractivity contribution in [3.8, 4) is 5.88 Å². The molecule has 0 spiro atoms. The highest BCUT2D eigenvalue weighted by Crippen LogP contribution is 2.17. The van der Waals surface area contributed by atoms with E-state index in [4.69, 9.17) is 4.74 Å². The van der Waals surface area contributed by atoms with E-state index in [1.54, 1.807) is 6.20 Å². The lowest BCUT2D eigenvalue weighted by atomic mass is 9.98. The van der Waals surface area contributed by atoms with E-state index in [1.165, 1.54) is 0 Å². The predicted octanol–water partition coefficient (Wildman–Crippen LogP) is 1.16. The number of aromatic nitrogens is 2. The maximum absolute atomic E-state index is 5.86. The van der Waals surface area contributed by atoms with Crippen LogP contribution in [0.3, 0.4) is 0 Å². The van der Waals surface area contributed by atoms with Crippen molar-refractivity contribution < 1.29 is 4.74 Å². The van der Waals surface area contributed by atoms with Crippen LogP contribution in [0.5, 0.6) is 5.88 Å². The van der Waals surface area contributed by atoms with Gasteiger partial charge in [0.15, 0.2) is 0 Å². The number of rotatable bonds is 2. The van der Waals surface area contributed by atoms with Crippen LogP contribution in [0.2, 0.25) is 0 Å². The molecule has 0 radical (unpaired) electrons. The summed E-state index contributed by atoms with van der Waals surface area (Å²) in [5.41, 5.74) is 0. The summed E-state index contributed by atoms with van der Waals surface area (Å²) in [6, 6.07) is 1.82. The van der Waals surface area contributed by atoms with E-state index >= 15 is 0 Å². The third kappa shape index (κ3) is 2.65. The van der Waals surface area contributed by atoms with Crippen molar-refractivity contribution in [2.45, 2.75) is 26.4 Å². The van der Waals surface area contributed by atoms with E-state index in [2.05, 4.69) is 22.2 Å². The molecule has 2 heterocycles. The Morgan fingerprint density at radius 3 is 3.13 bits per heavy atom. The lowest BCUT2D eigenvalue weighted by Gasteiger charge is -2.29. The maximum atomic E-state index is 5.86.